The topological polar surface area (TPSA) is 21.3 Å². The Kier molecular flexibility index (Phi) is 5.83. The molecule has 0 amide bonds. The zero-order valence-corrected chi connectivity index (χ0v) is 9.82. The van der Waals surface area contributed by atoms with Gasteiger partial charge in [-0.2, -0.15) is 0 Å². The highest BCUT2D eigenvalue weighted by molar-refractivity contribution is 7.11. The molecule has 1 rings (SSSR count). The van der Waals surface area contributed by atoms with Gasteiger partial charge in [-0.3, -0.25) is 0 Å². The van der Waals surface area contributed by atoms with Crippen LogP contribution in [-0.4, -0.2) is 19.8 Å². The largest absolute Gasteiger partial charge is 0.380 e. The van der Waals surface area contributed by atoms with Crippen molar-refractivity contribution in [2.75, 3.05) is 19.8 Å². The van der Waals surface area contributed by atoms with E-state index in [-0.39, 0.29) is 0 Å². The third-order valence-corrected chi connectivity index (χ3v) is 3.22. The first-order valence-corrected chi connectivity index (χ1v) is 6.04. The first-order valence-electron chi connectivity index (χ1n) is 5.22. The van der Waals surface area contributed by atoms with Crippen LogP contribution < -0.4 is 5.32 Å². The van der Waals surface area contributed by atoms with Crippen LogP contribution in [0.3, 0.4) is 0 Å². The first kappa shape index (κ1) is 11.7. The van der Waals surface area contributed by atoms with Gasteiger partial charge in [0.1, 0.15) is 0 Å². The number of rotatable bonds is 7. The van der Waals surface area contributed by atoms with Crippen LogP contribution in [0.2, 0.25) is 0 Å². The maximum Gasteiger partial charge on any atom is 0.0590 e. The number of hydrogen-bond donors (Lipinski definition) is 1. The molecule has 0 aliphatic carbocycles. The predicted octanol–water partition coefficient (Wildman–Crippen LogP) is 2.44. The lowest BCUT2D eigenvalue weighted by atomic mass is 10.3. The Labute approximate surface area is 90.3 Å². The summed E-state index contributed by atoms with van der Waals surface area (Å²) in [6.07, 6.45) is 1.14. The van der Waals surface area contributed by atoms with E-state index in [9.17, 15) is 0 Å². The van der Waals surface area contributed by atoms with Gasteiger partial charge in [0.05, 0.1) is 6.61 Å². The number of hydrogen-bond acceptors (Lipinski definition) is 3. The standard InChI is InChI=1S/C11H19NOS/c1-3-10-5-6-11(14-10)9-12-7-8-13-4-2/h5-6,12H,3-4,7-9H2,1-2H3. The molecular formula is C11H19NOS. The van der Waals surface area contributed by atoms with Crippen LogP contribution in [0.1, 0.15) is 23.6 Å². The summed E-state index contributed by atoms with van der Waals surface area (Å²) < 4.78 is 5.24. The van der Waals surface area contributed by atoms with Crippen molar-refractivity contribution in [3.05, 3.63) is 21.9 Å². The summed E-state index contributed by atoms with van der Waals surface area (Å²) in [4.78, 5) is 2.88. The van der Waals surface area contributed by atoms with E-state index in [4.69, 9.17) is 4.74 Å². The maximum atomic E-state index is 5.24. The van der Waals surface area contributed by atoms with E-state index in [1.807, 2.05) is 18.3 Å². The van der Waals surface area contributed by atoms with Gasteiger partial charge in [-0.1, -0.05) is 6.92 Å². The summed E-state index contributed by atoms with van der Waals surface area (Å²) in [6.45, 7) is 7.74. The Morgan fingerprint density at radius 3 is 2.71 bits per heavy atom. The molecule has 1 aromatic rings. The summed E-state index contributed by atoms with van der Waals surface area (Å²) in [5.41, 5.74) is 0. The molecule has 0 aliphatic rings. The van der Waals surface area contributed by atoms with Crippen molar-refractivity contribution in [1.29, 1.82) is 0 Å². The molecule has 0 bridgehead atoms. The molecule has 0 fully saturated rings. The molecule has 1 N–H and O–H groups in total. The van der Waals surface area contributed by atoms with Gasteiger partial charge in [0.25, 0.3) is 0 Å². The van der Waals surface area contributed by atoms with E-state index < -0.39 is 0 Å². The van der Waals surface area contributed by atoms with Crippen molar-refractivity contribution in [2.24, 2.45) is 0 Å². The Bertz CT molecular complexity index is 247. The predicted molar refractivity (Wildman–Crippen MR) is 61.9 cm³/mol. The van der Waals surface area contributed by atoms with E-state index >= 15 is 0 Å². The zero-order valence-electron chi connectivity index (χ0n) is 9.01. The molecule has 1 heterocycles. The van der Waals surface area contributed by atoms with Gasteiger partial charge in [0, 0.05) is 29.5 Å². The quantitative estimate of drug-likeness (QED) is 0.702. The van der Waals surface area contributed by atoms with Gasteiger partial charge in [0.2, 0.25) is 0 Å². The average Bonchev–Trinajstić information content (AvgIpc) is 2.65. The van der Waals surface area contributed by atoms with Crippen LogP contribution in [0.25, 0.3) is 0 Å². The van der Waals surface area contributed by atoms with Crippen LogP contribution in [-0.2, 0) is 17.7 Å². The van der Waals surface area contributed by atoms with Gasteiger partial charge < -0.3 is 10.1 Å². The van der Waals surface area contributed by atoms with Gasteiger partial charge in [0.15, 0.2) is 0 Å². The molecule has 0 saturated carbocycles. The molecule has 0 aliphatic heterocycles. The van der Waals surface area contributed by atoms with Gasteiger partial charge in [-0.05, 0) is 25.5 Å². The molecule has 80 valence electrons. The average molecular weight is 213 g/mol. The lowest BCUT2D eigenvalue weighted by molar-refractivity contribution is 0.149. The number of aryl methyl sites for hydroxylation is 1. The molecule has 1 aromatic heterocycles. The third-order valence-electron chi connectivity index (χ3n) is 1.99. The summed E-state index contributed by atoms with van der Waals surface area (Å²) in [6, 6.07) is 4.42. The fourth-order valence-corrected chi connectivity index (χ4v) is 2.14. The molecule has 0 aromatic carbocycles. The lowest BCUT2D eigenvalue weighted by Gasteiger charge is -2.02. The van der Waals surface area contributed by atoms with E-state index in [1.165, 1.54) is 9.75 Å². The van der Waals surface area contributed by atoms with Crippen LogP contribution in [0.4, 0.5) is 0 Å². The van der Waals surface area contributed by atoms with Crippen molar-refractivity contribution in [3.8, 4) is 0 Å². The number of thiophene rings is 1. The van der Waals surface area contributed by atoms with E-state index in [0.29, 0.717) is 0 Å². The number of ether oxygens (including phenoxy) is 1. The number of nitrogens with one attached hydrogen (secondary N) is 1. The molecule has 3 heteroatoms. The molecule has 0 spiro atoms. The normalized spacial score (nSPS) is 10.7. The molecule has 14 heavy (non-hydrogen) atoms. The second-order valence-electron chi connectivity index (χ2n) is 3.10. The Morgan fingerprint density at radius 1 is 1.29 bits per heavy atom. The van der Waals surface area contributed by atoms with Crippen LogP contribution in [0.15, 0.2) is 12.1 Å². The second kappa shape index (κ2) is 6.98. The first-order chi connectivity index (χ1) is 6.86. The molecule has 2 nitrogen and oxygen atoms in total. The Hall–Kier alpha value is -0.380. The SMILES string of the molecule is CCOCCNCc1ccc(CC)s1. The molecule has 0 saturated heterocycles. The van der Waals surface area contributed by atoms with E-state index in [2.05, 4.69) is 24.4 Å². The highest BCUT2D eigenvalue weighted by Crippen LogP contribution is 2.16. The highest BCUT2D eigenvalue weighted by atomic mass is 32.1. The summed E-state index contributed by atoms with van der Waals surface area (Å²) in [5, 5.41) is 3.36. The fourth-order valence-electron chi connectivity index (χ4n) is 1.21. The minimum atomic E-state index is 0.806. The van der Waals surface area contributed by atoms with Crippen molar-refractivity contribution in [2.45, 2.75) is 26.8 Å². The smallest absolute Gasteiger partial charge is 0.0590 e. The summed E-state index contributed by atoms with van der Waals surface area (Å²) in [5.74, 6) is 0. The van der Waals surface area contributed by atoms with Crippen molar-refractivity contribution >= 4 is 11.3 Å². The molecular weight excluding hydrogens is 194 g/mol. The van der Waals surface area contributed by atoms with E-state index in [0.717, 1.165) is 32.7 Å². The second-order valence-corrected chi connectivity index (χ2v) is 4.35. The molecule has 0 atom stereocenters. The van der Waals surface area contributed by atoms with Crippen LogP contribution >= 0.6 is 11.3 Å². The van der Waals surface area contributed by atoms with Gasteiger partial charge >= 0.3 is 0 Å². The monoisotopic (exact) mass is 213 g/mol. The molecule has 0 unspecified atom stereocenters. The summed E-state index contributed by atoms with van der Waals surface area (Å²) >= 11 is 1.89. The van der Waals surface area contributed by atoms with Crippen LogP contribution in [0, 0.1) is 0 Å². The van der Waals surface area contributed by atoms with Crippen LogP contribution in [0.5, 0.6) is 0 Å². The van der Waals surface area contributed by atoms with Gasteiger partial charge in [-0.15, -0.1) is 11.3 Å². The fraction of sp³-hybridized carbons (Fsp3) is 0.636. The lowest BCUT2D eigenvalue weighted by Crippen LogP contribution is -2.18. The van der Waals surface area contributed by atoms with Gasteiger partial charge in [-0.25, -0.2) is 0 Å². The van der Waals surface area contributed by atoms with E-state index in [1.54, 1.807) is 0 Å². The Morgan fingerprint density at radius 2 is 2.07 bits per heavy atom. The maximum absolute atomic E-state index is 5.24. The van der Waals surface area contributed by atoms with Crippen molar-refractivity contribution < 1.29 is 4.74 Å². The zero-order chi connectivity index (χ0) is 10.2. The van der Waals surface area contributed by atoms with Crippen molar-refractivity contribution in [1.82, 2.24) is 5.32 Å². The molecule has 0 radical (unpaired) electrons. The van der Waals surface area contributed by atoms with Crippen molar-refractivity contribution in [3.63, 3.8) is 0 Å². The minimum Gasteiger partial charge on any atom is -0.380 e. The summed E-state index contributed by atoms with van der Waals surface area (Å²) in [7, 11) is 0. The minimum absolute atomic E-state index is 0.806. The Balaban J connectivity index is 2.12. The highest BCUT2D eigenvalue weighted by Gasteiger charge is 1.97. The third kappa shape index (κ3) is 4.22.